The van der Waals surface area contributed by atoms with Crippen LogP contribution in [-0.4, -0.2) is 28.8 Å². The van der Waals surface area contributed by atoms with Crippen LogP contribution in [-0.2, 0) is 6.42 Å². The number of amides is 2. The number of aromatic nitrogens is 1. The van der Waals surface area contributed by atoms with E-state index in [1.807, 2.05) is 49.6 Å². The van der Waals surface area contributed by atoms with E-state index >= 15 is 0 Å². The molecule has 6 heteroatoms. The quantitative estimate of drug-likeness (QED) is 0.765. The summed E-state index contributed by atoms with van der Waals surface area (Å²) in [4.78, 5) is 16.2. The molecule has 0 saturated carbocycles. The summed E-state index contributed by atoms with van der Waals surface area (Å²) >= 11 is 1.52. The number of nitrogens with zero attached hydrogens (tertiary/aromatic N) is 1. The van der Waals surface area contributed by atoms with Crippen molar-refractivity contribution >= 4 is 17.4 Å². The number of aryl methyl sites for hydroxylation is 1. The Morgan fingerprint density at radius 2 is 2.09 bits per heavy atom. The number of benzene rings is 1. The first-order chi connectivity index (χ1) is 10.5. The van der Waals surface area contributed by atoms with Crippen molar-refractivity contribution in [2.75, 3.05) is 6.54 Å². The second-order valence-corrected chi connectivity index (χ2v) is 6.14. The van der Waals surface area contributed by atoms with Crippen molar-refractivity contribution in [3.05, 3.63) is 52.0 Å². The Morgan fingerprint density at radius 1 is 1.36 bits per heavy atom. The number of carbonyl (C=O) groups is 1. The van der Waals surface area contributed by atoms with Crippen LogP contribution in [0.1, 0.15) is 29.2 Å². The van der Waals surface area contributed by atoms with Gasteiger partial charge in [-0.1, -0.05) is 30.3 Å². The minimum atomic E-state index is -0.606. The van der Waals surface area contributed by atoms with E-state index in [0.717, 1.165) is 16.3 Å². The lowest BCUT2D eigenvalue weighted by atomic mass is 10.1. The average Bonchev–Trinajstić information content (AvgIpc) is 2.93. The molecule has 1 aromatic heterocycles. The second-order valence-electron chi connectivity index (χ2n) is 5.25. The predicted octanol–water partition coefficient (Wildman–Crippen LogP) is 2.42. The number of rotatable bonds is 6. The van der Waals surface area contributed by atoms with Crippen LogP contribution >= 0.6 is 11.3 Å². The van der Waals surface area contributed by atoms with Crippen molar-refractivity contribution in [1.29, 1.82) is 0 Å². The molecule has 0 saturated heterocycles. The molecule has 0 bridgehead atoms. The molecular weight excluding hydrogens is 298 g/mol. The normalized spacial score (nSPS) is 13.4. The van der Waals surface area contributed by atoms with Crippen LogP contribution < -0.4 is 10.6 Å². The van der Waals surface area contributed by atoms with Gasteiger partial charge in [0.2, 0.25) is 0 Å². The monoisotopic (exact) mass is 319 g/mol. The van der Waals surface area contributed by atoms with Crippen molar-refractivity contribution in [2.45, 2.75) is 32.4 Å². The standard InChI is InChI=1S/C16H21N3O2S/c1-11-10-22-15(18-11)12(2)19-16(21)17-9-14(20)8-13-6-4-3-5-7-13/h3-7,10,12,14,20H,8-9H2,1-2H3,(H2,17,19,21). The number of carbonyl (C=O) groups excluding carboxylic acids is 1. The maximum absolute atomic E-state index is 11.8. The Morgan fingerprint density at radius 3 is 2.73 bits per heavy atom. The summed E-state index contributed by atoms with van der Waals surface area (Å²) in [5, 5.41) is 18.3. The van der Waals surface area contributed by atoms with Gasteiger partial charge in [0.15, 0.2) is 0 Å². The molecule has 118 valence electrons. The molecule has 2 amide bonds. The molecule has 2 atom stereocenters. The summed E-state index contributed by atoms with van der Waals surface area (Å²) in [6.07, 6.45) is -0.0897. The molecule has 0 radical (unpaired) electrons. The number of aliphatic hydroxyl groups is 1. The number of nitrogens with one attached hydrogen (secondary N) is 2. The molecule has 1 aromatic carbocycles. The molecular formula is C16H21N3O2S. The van der Waals surface area contributed by atoms with E-state index < -0.39 is 6.10 Å². The van der Waals surface area contributed by atoms with Crippen LogP contribution in [0.4, 0.5) is 4.79 Å². The lowest BCUT2D eigenvalue weighted by Gasteiger charge is -2.15. The second kappa shape index (κ2) is 7.91. The summed E-state index contributed by atoms with van der Waals surface area (Å²) in [6.45, 7) is 4.02. The van der Waals surface area contributed by atoms with E-state index in [9.17, 15) is 9.90 Å². The fraction of sp³-hybridized carbons (Fsp3) is 0.375. The van der Waals surface area contributed by atoms with Crippen LogP contribution in [0.15, 0.2) is 35.7 Å². The third-order valence-electron chi connectivity index (χ3n) is 3.17. The van der Waals surface area contributed by atoms with E-state index in [0.29, 0.717) is 6.42 Å². The zero-order chi connectivity index (χ0) is 15.9. The van der Waals surface area contributed by atoms with Gasteiger partial charge in [-0.15, -0.1) is 11.3 Å². The lowest BCUT2D eigenvalue weighted by Crippen LogP contribution is -2.41. The Kier molecular flexibility index (Phi) is 5.91. The van der Waals surface area contributed by atoms with E-state index in [4.69, 9.17) is 0 Å². The number of hydrogen-bond donors (Lipinski definition) is 3. The molecule has 2 rings (SSSR count). The van der Waals surface area contributed by atoms with Gasteiger partial charge in [-0.2, -0.15) is 0 Å². The van der Waals surface area contributed by atoms with Crippen molar-refractivity contribution in [1.82, 2.24) is 15.6 Å². The van der Waals surface area contributed by atoms with Crippen molar-refractivity contribution in [3.63, 3.8) is 0 Å². The minimum absolute atomic E-state index is 0.148. The van der Waals surface area contributed by atoms with Gasteiger partial charge >= 0.3 is 6.03 Å². The lowest BCUT2D eigenvalue weighted by molar-refractivity contribution is 0.170. The fourth-order valence-corrected chi connectivity index (χ4v) is 2.85. The molecule has 0 spiro atoms. The first-order valence-corrected chi connectivity index (χ1v) is 8.11. The third kappa shape index (κ3) is 5.13. The summed E-state index contributed by atoms with van der Waals surface area (Å²) in [6, 6.07) is 9.26. The molecule has 2 aromatic rings. The molecule has 0 aliphatic rings. The van der Waals surface area contributed by atoms with Crippen LogP contribution in [0.5, 0.6) is 0 Å². The van der Waals surface area contributed by atoms with E-state index in [1.165, 1.54) is 11.3 Å². The summed E-state index contributed by atoms with van der Waals surface area (Å²) in [7, 11) is 0. The molecule has 0 aliphatic heterocycles. The van der Waals surface area contributed by atoms with Crippen LogP contribution in [0.25, 0.3) is 0 Å². The molecule has 22 heavy (non-hydrogen) atoms. The van der Waals surface area contributed by atoms with Crippen LogP contribution in [0.3, 0.4) is 0 Å². The Bertz CT molecular complexity index is 600. The van der Waals surface area contributed by atoms with Gasteiger partial charge in [0, 0.05) is 24.0 Å². The van der Waals surface area contributed by atoms with Crippen molar-refractivity contribution in [3.8, 4) is 0 Å². The first-order valence-electron chi connectivity index (χ1n) is 7.23. The molecule has 5 nitrogen and oxygen atoms in total. The molecule has 0 aliphatic carbocycles. The zero-order valence-corrected chi connectivity index (χ0v) is 13.6. The predicted molar refractivity (Wildman–Crippen MR) is 88.0 cm³/mol. The summed E-state index contributed by atoms with van der Waals surface area (Å²) < 4.78 is 0. The maximum atomic E-state index is 11.8. The summed E-state index contributed by atoms with van der Waals surface area (Å²) in [5.74, 6) is 0. The summed E-state index contributed by atoms with van der Waals surface area (Å²) in [5.41, 5.74) is 2.00. The Labute approximate surface area is 134 Å². The third-order valence-corrected chi connectivity index (χ3v) is 4.31. The smallest absolute Gasteiger partial charge is 0.315 e. The Hall–Kier alpha value is -1.92. The van der Waals surface area contributed by atoms with Gasteiger partial charge in [0.05, 0.1) is 12.1 Å². The van der Waals surface area contributed by atoms with E-state index in [2.05, 4.69) is 15.6 Å². The van der Waals surface area contributed by atoms with Gasteiger partial charge in [0.25, 0.3) is 0 Å². The van der Waals surface area contributed by atoms with E-state index in [-0.39, 0.29) is 18.6 Å². The molecule has 3 N–H and O–H groups in total. The highest BCUT2D eigenvalue weighted by molar-refractivity contribution is 7.09. The first kappa shape index (κ1) is 16.5. The SMILES string of the molecule is Cc1csc(C(C)NC(=O)NCC(O)Cc2ccccc2)n1. The highest BCUT2D eigenvalue weighted by Crippen LogP contribution is 2.17. The van der Waals surface area contributed by atoms with Crippen LogP contribution in [0, 0.1) is 6.92 Å². The highest BCUT2D eigenvalue weighted by atomic mass is 32.1. The fourth-order valence-electron chi connectivity index (χ4n) is 2.05. The topological polar surface area (TPSA) is 74.2 Å². The van der Waals surface area contributed by atoms with Crippen LogP contribution in [0.2, 0.25) is 0 Å². The molecule has 0 fully saturated rings. The van der Waals surface area contributed by atoms with Gasteiger partial charge in [-0.25, -0.2) is 9.78 Å². The number of thiazole rings is 1. The average molecular weight is 319 g/mol. The van der Waals surface area contributed by atoms with E-state index in [1.54, 1.807) is 0 Å². The number of urea groups is 1. The highest BCUT2D eigenvalue weighted by Gasteiger charge is 2.13. The zero-order valence-electron chi connectivity index (χ0n) is 12.7. The maximum Gasteiger partial charge on any atom is 0.315 e. The van der Waals surface area contributed by atoms with Gasteiger partial charge in [-0.3, -0.25) is 0 Å². The largest absolute Gasteiger partial charge is 0.391 e. The van der Waals surface area contributed by atoms with Crippen molar-refractivity contribution < 1.29 is 9.90 Å². The molecule has 1 heterocycles. The van der Waals surface area contributed by atoms with Gasteiger partial charge in [0.1, 0.15) is 5.01 Å². The minimum Gasteiger partial charge on any atom is -0.391 e. The molecule has 2 unspecified atom stereocenters. The van der Waals surface area contributed by atoms with Gasteiger partial charge in [-0.05, 0) is 19.4 Å². The van der Waals surface area contributed by atoms with Gasteiger partial charge < -0.3 is 15.7 Å². The Balaban J connectivity index is 1.73. The number of hydrogen-bond acceptors (Lipinski definition) is 4. The van der Waals surface area contributed by atoms with Crippen molar-refractivity contribution in [2.24, 2.45) is 0 Å². The number of aliphatic hydroxyl groups excluding tert-OH is 1.